The molecule has 4 rings (SSSR count). The summed E-state index contributed by atoms with van der Waals surface area (Å²) in [5.74, 6) is 0.671. The predicted octanol–water partition coefficient (Wildman–Crippen LogP) is 4.15. The molecule has 1 N–H and O–H groups in total. The zero-order chi connectivity index (χ0) is 24.3. The SMILES string of the molecule is COc1ccc(S(=O)(=O)NCC(c2ccc(N(C)C)cc2)N2CCc3ccccc3C2)cc1C. The van der Waals surface area contributed by atoms with Gasteiger partial charge in [0, 0.05) is 45.5 Å². The Labute approximate surface area is 203 Å². The Morgan fingerprint density at radius 2 is 1.74 bits per heavy atom. The molecule has 0 saturated heterocycles. The van der Waals surface area contributed by atoms with Gasteiger partial charge in [-0.1, -0.05) is 36.4 Å². The molecule has 7 heteroatoms. The first kappa shape index (κ1) is 24.3. The summed E-state index contributed by atoms with van der Waals surface area (Å²) in [5.41, 5.74) is 5.67. The summed E-state index contributed by atoms with van der Waals surface area (Å²) in [6, 6.07) is 21.7. The van der Waals surface area contributed by atoms with Crippen molar-refractivity contribution in [1.82, 2.24) is 9.62 Å². The first-order valence-corrected chi connectivity index (χ1v) is 13.0. The van der Waals surface area contributed by atoms with E-state index in [0.29, 0.717) is 5.75 Å². The predicted molar refractivity (Wildman–Crippen MR) is 137 cm³/mol. The number of ether oxygens (including phenoxy) is 1. The van der Waals surface area contributed by atoms with E-state index in [1.807, 2.05) is 21.0 Å². The number of fused-ring (bicyclic) bond motifs is 1. The van der Waals surface area contributed by atoms with Crippen LogP contribution >= 0.6 is 0 Å². The second-order valence-corrected chi connectivity index (χ2v) is 10.7. The number of sulfonamides is 1. The second-order valence-electron chi connectivity index (χ2n) is 8.97. The Hall–Kier alpha value is -2.87. The molecule has 0 bridgehead atoms. The number of benzene rings is 3. The average molecular weight is 480 g/mol. The molecule has 3 aromatic rings. The van der Waals surface area contributed by atoms with Crippen LogP contribution in [0.5, 0.6) is 5.75 Å². The molecule has 0 aliphatic carbocycles. The monoisotopic (exact) mass is 479 g/mol. The van der Waals surface area contributed by atoms with E-state index in [-0.39, 0.29) is 17.5 Å². The third-order valence-corrected chi connectivity index (χ3v) is 7.96. The van der Waals surface area contributed by atoms with Crippen molar-refractivity contribution in [3.63, 3.8) is 0 Å². The maximum Gasteiger partial charge on any atom is 0.240 e. The number of methoxy groups -OCH3 is 1. The highest BCUT2D eigenvalue weighted by Gasteiger charge is 2.27. The van der Waals surface area contributed by atoms with Gasteiger partial charge in [0.05, 0.1) is 12.0 Å². The zero-order valence-corrected chi connectivity index (χ0v) is 21.1. The van der Waals surface area contributed by atoms with Gasteiger partial charge in [0.25, 0.3) is 0 Å². The molecule has 1 unspecified atom stereocenters. The van der Waals surface area contributed by atoms with Gasteiger partial charge >= 0.3 is 0 Å². The minimum atomic E-state index is -3.67. The lowest BCUT2D eigenvalue weighted by Crippen LogP contribution is -2.40. The fourth-order valence-corrected chi connectivity index (χ4v) is 5.65. The molecule has 34 heavy (non-hydrogen) atoms. The largest absolute Gasteiger partial charge is 0.496 e. The van der Waals surface area contributed by atoms with E-state index in [1.54, 1.807) is 25.3 Å². The Morgan fingerprint density at radius 1 is 1.03 bits per heavy atom. The fraction of sp³-hybridized carbons (Fsp3) is 0.333. The van der Waals surface area contributed by atoms with Crippen LogP contribution in [0.4, 0.5) is 5.69 Å². The van der Waals surface area contributed by atoms with Crippen LogP contribution in [0.15, 0.2) is 71.6 Å². The van der Waals surface area contributed by atoms with Gasteiger partial charge in [-0.15, -0.1) is 0 Å². The van der Waals surface area contributed by atoms with Crippen LogP contribution in [-0.2, 0) is 23.0 Å². The van der Waals surface area contributed by atoms with E-state index in [4.69, 9.17) is 4.74 Å². The van der Waals surface area contributed by atoms with Gasteiger partial charge in [0.1, 0.15) is 5.75 Å². The summed E-state index contributed by atoms with van der Waals surface area (Å²) >= 11 is 0. The van der Waals surface area contributed by atoms with Crippen LogP contribution < -0.4 is 14.4 Å². The minimum absolute atomic E-state index is 0.0845. The van der Waals surface area contributed by atoms with Crippen molar-refractivity contribution in [3.8, 4) is 5.75 Å². The summed E-state index contributed by atoms with van der Waals surface area (Å²) in [7, 11) is 1.93. The maximum atomic E-state index is 13.2. The van der Waals surface area contributed by atoms with E-state index in [2.05, 4.69) is 63.1 Å². The Bertz CT molecular complexity index is 1240. The Balaban J connectivity index is 1.60. The minimum Gasteiger partial charge on any atom is -0.496 e. The van der Waals surface area contributed by atoms with Crippen molar-refractivity contribution in [2.45, 2.75) is 30.8 Å². The molecule has 1 heterocycles. The number of anilines is 1. The molecule has 3 aromatic carbocycles. The summed E-state index contributed by atoms with van der Waals surface area (Å²) in [6.07, 6.45) is 0.951. The van der Waals surface area contributed by atoms with Gasteiger partial charge in [0.15, 0.2) is 0 Å². The van der Waals surface area contributed by atoms with E-state index < -0.39 is 10.0 Å². The molecule has 1 aliphatic heterocycles. The highest BCUT2D eigenvalue weighted by molar-refractivity contribution is 7.89. The topological polar surface area (TPSA) is 61.9 Å². The lowest BCUT2D eigenvalue weighted by atomic mass is 9.96. The van der Waals surface area contributed by atoms with Crippen LogP contribution in [-0.4, -0.2) is 47.6 Å². The third kappa shape index (κ3) is 5.27. The molecule has 0 fully saturated rings. The van der Waals surface area contributed by atoms with E-state index in [0.717, 1.165) is 36.3 Å². The number of hydrogen-bond acceptors (Lipinski definition) is 5. The van der Waals surface area contributed by atoms with Gasteiger partial charge in [-0.05, 0) is 65.9 Å². The zero-order valence-electron chi connectivity index (χ0n) is 20.3. The molecule has 0 saturated carbocycles. The second kappa shape index (κ2) is 10.2. The number of nitrogens with zero attached hydrogens (tertiary/aromatic N) is 2. The van der Waals surface area contributed by atoms with Gasteiger partial charge in [0.2, 0.25) is 10.0 Å². The van der Waals surface area contributed by atoms with E-state index in [1.165, 1.54) is 11.1 Å². The van der Waals surface area contributed by atoms with Crippen molar-refractivity contribution in [2.24, 2.45) is 0 Å². The highest BCUT2D eigenvalue weighted by atomic mass is 32.2. The molecule has 6 nitrogen and oxygen atoms in total. The molecule has 0 spiro atoms. The van der Waals surface area contributed by atoms with E-state index in [9.17, 15) is 8.42 Å². The number of hydrogen-bond donors (Lipinski definition) is 1. The summed E-state index contributed by atoms with van der Waals surface area (Å²) in [6.45, 7) is 3.80. The van der Waals surface area contributed by atoms with E-state index >= 15 is 0 Å². The van der Waals surface area contributed by atoms with Crippen molar-refractivity contribution in [2.75, 3.05) is 39.2 Å². The van der Waals surface area contributed by atoms with Crippen LogP contribution in [0.1, 0.15) is 28.3 Å². The van der Waals surface area contributed by atoms with Crippen LogP contribution in [0.3, 0.4) is 0 Å². The molecule has 0 aromatic heterocycles. The summed E-state index contributed by atoms with van der Waals surface area (Å²) in [4.78, 5) is 4.68. The number of rotatable bonds is 8. The van der Waals surface area contributed by atoms with Gasteiger partial charge in [-0.25, -0.2) is 13.1 Å². The maximum absolute atomic E-state index is 13.2. The summed E-state index contributed by atoms with van der Waals surface area (Å²) < 4.78 is 34.5. The molecule has 0 amide bonds. The smallest absolute Gasteiger partial charge is 0.240 e. The first-order chi connectivity index (χ1) is 16.3. The quantitative estimate of drug-likeness (QED) is 0.526. The van der Waals surface area contributed by atoms with Crippen LogP contribution in [0.2, 0.25) is 0 Å². The standard InChI is InChI=1S/C27H33N3O3S/c1-20-17-25(13-14-27(20)33-4)34(31,32)28-18-26(22-9-11-24(12-10-22)29(2)3)30-16-15-21-7-5-6-8-23(21)19-30/h5-14,17,26,28H,15-16,18-19H2,1-4H3. The molecule has 1 atom stereocenters. The van der Waals surface area contributed by atoms with Gasteiger partial charge in [-0.3, -0.25) is 4.90 Å². The first-order valence-electron chi connectivity index (χ1n) is 11.5. The molecule has 0 radical (unpaired) electrons. The van der Waals surface area contributed by atoms with Crippen LogP contribution in [0, 0.1) is 6.92 Å². The average Bonchev–Trinajstić information content (AvgIpc) is 2.84. The normalized spacial score (nSPS) is 14.9. The van der Waals surface area contributed by atoms with Crippen molar-refractivity contribution < 1.29 is 13.2 Å². The van der Waals surface area contributed by atoms with Crippen molar-refractivity contribution in [1.29, 1.82) is 0 Å². The molecule has 1 aliphatic rings. The van der Waals surface area contributed by atoms with Crippen molar-refractivity contribution >= 4 is 15.7 Å². The number of nitrogens with one attached hydrogen (secondary N) is 1. The third-order valence-electron chi connectivity index (χ3n) is 6.54. The Kier molecular flexibility index (Phi) is 7.26. The Morgan fingerprint density at radius 3 is 2.38 bits per heavy atom. The molecular weight excluding hydrogens is 446 g/mol. The van der Waals surface area contributed by atoms with Gasteiger partial charge in [-0.2, -0.15) is 0 Å². The van der Waals surface area contributed by atoms with Crippen molar-refractivity contribution in [3.05, 3.63) is 89.0 Å². The fourth-order valence-electron chi connectivity index (χ4n) is 4.53. The molecular formula is C27H33N3O3S. The lowest BCUT2D eigenvalue weighted by Gasteiger charge is -2.36. The molecule has 180 valence electrons. The van der Waals surface area contributed by atoms with Crippen LogP contribution in [0.25, 0.3) is 0 Å². The summed E-state index contributed by atoms with van der Waals surface area (Å²) in [5, 5.41) is 0. The number of aryl methyl sites for hydroxylation is 1. The highest BCUT2D eigenvalue weighted by Crippen LogP contribution is 2.29. The lowest BCUT2D eigenvalue weighted by molar-refractivity contribution is 0.180. The van der Waals surface area contributed by atoms with Gasteiger partial charge < -0.3 is 9.64 Å².